The molecule has 1 heterocycles. The van der Waals surface area contributed by atoms with Gasteiger partial charge in [0.05, 0.1) is 26.2 Å². The fraction of sp³-hybridized carbons (Fsp3) is 0.238. The van der Waals surface area contributed by atoms with Crippen LogP contribution in [0.15, 0.2) is 53.1 Å². The second kappa shape index (κ2) is 8.40. The molecular weight excluding hydrogens is 344 g/mol. The van der Waals surface area contributed by atoms with Crippen LogP contribution in [0.2, 0.25) is 0 Å². The molecule has 0 saturated carbocycles. The highest BCUT2D eigenvalue weighted by molar-refractivity contribution is 5.89. The summed E-state index contributed by atoms with van der Waals surface area (Å²) in [5, 5.41) is 0.909. The number of hydrogen-bond acceptors (Lipinski definition) is 4. The summed E-state index contributed by atoms with van der Waals surface area (Å²) in [4.78, 5) is 24.1. The third-order valence-electron chi connectivity index (χ3n) is 4.34. The van der Waals surface area contributed by atoms with E-state index in [1.165, 1.54) is 5.56 Å². The Morgan fingerprint density at radius 1 is 0.963 bits per heavy atom. The van der Waals surface area contributed by atoms with Gasteiger partial charge in [-0.2, -0.15) is 0 Å². The van der Waals surface area contributed by atoms with E-state index in [1.54, 1.807) is 25.5 Å². The number of amides is 2. The number of hydrazine groups is 1. The predicted molar refractivity (Wildman–Crippen MR) is 102 cm³/mol. The second-order valence-electron chi connectivity index (χ2n) is 6.24. The van der Waals surface area contributed by atoms with Gasteiger partial charge in [0.15, 0.2) is 0 Å². The molecule has 2 aromatic carbocycles. The lowest BCUT2D eigenvalue weighted by atomic mass is 10.1. The van der Waals surface area contributed by atoms with Crippen LogP contribution < -0.4 is 15.6 Å². The number of aryl methyl sites for hydroxylation is 1. The lowest BCUT2D eigenvalue weighted by molar-refractivity contribution is -0.128. The molecule has 0 unspecified atom stereocenters. The van der Waals surface area contributed by atoms with Gasteiger partial charge in [-0.25, -0.2) is 0 Å². The van der Waals surface area contributed by atoms with Crippen molar-refractivity contribution >= 4 is 22.8 Å². The van der Waals surface area contributed by atoms with E-state index in [9.17, 15) is 9.59 Å². The number of ether oxygens (including phenoxy) is 1. The molecule has 6 heteroatoms. The van der Waals surface area contributed by atoms with E-state index in [-0.39, 0.29) is 24.7 Å². The van der Waals surface area contributed by atoms with Gasteiger partial charge in [0.25, 0.3) is 0 Å². The lowest BCUT2D eigenvalue weighted by Crippen LogP contribution is -2.43. The molecule has 140 valence electrons. The molecule has 0 bridgehead atoms. The molecule has 0 atom stereocenters. The first-order valence-electron chi connectivity index (χ1n) is 8.78. The van der Waals surface area contributed by atoms with Gasteiger partial charge in [-0.1, -0.05) is 31.2 Å². The topological polar surface area (TPSA) is 80.6 Å². The van der Waals surface area contributed by atoms with Crippen LogP contribution in [0.25, 0.3) is 11.0 Å². The van der Waals surface area contributed by atoms with Gasteiger partial charge >= 0.3 is 0 Å². The average molecular weight is 366 g/mol. The number of carbonyl (C=O) groups excluding carboxylic acids is 2. The normalized spacial score (nSPS) is 10.6. The van der Waals surface area contributed by atoms with Gasteiger partial charge < -0.3 is 9.15 Å². The summed E-state index contributed by atoms with van der Waals surface area (Å²) in [6.45, 7) is 2.08. The van der Waals surface area contributed by atoms with Crippen LogP contribution in [0.3, 0.4) is 0 Å². The van der Waals surface area contributed by atoms with Crippen molar-refractivity contribution in [1.82, 2.24) is 10.9 Å². The standard InChI is InChI=1S/C21H22N2O4/c1-3-14-6-9-18-16(13-27-19(18)10-14)12-21(25)23-22-20(24)11-15-4-7-17(26-2)8-5-15/h4-10,13H,3,11-12H2,1-2H3,(H,22,24)(H,23,25). The maximum atomic E-state index is 12.1. The van der Waals surface area contributed by atoms with Crippen molar-refractivity contribution in [1.29, 1.82) is 0 Å². The summed E-state index contributed by atoms with van der Waals surface area (Å²) in [5.41, 5.74) is 8.44. The van der Waals surface area contributed by atoms with Gasteiger partial charge in [0, 0.05) is 10.9 Å². The van der Waals surface area contributed by atoms with Crippen LogP contribution in [0.5, 0.6) is 5.75 Å². The summed E-state index contributed by atoms with van der Waals surface area (Å²) in [6, 6.07) is 13.2. The largest absolute Gasteiger partial charge is 0.497 e. The first-order valence-corrected chi connectivity index (χ1v) is 8.78. The number of furan rings is 1. The van der Waals surface area contributed by atoms with E-state index in [0.29, 0.717) is 0 Å². The molecule has 3 rings (SSSR count). The summed E-state index contributed by atoms with van der Waals surface area (Å²) in [7, 11) is 1.59. The Hall–Kier alpha value is -3.28. The Morgan fingerprint density at radius 2 is 1.63 bits per heavy atom. The van der Waals surface area contributed by atoms with Crippen molar-refractivity contribution in [2.24, 2.45) is 0 Å². The van der Waals surface area contributed by atoms with Gasteiger partial charge in [0.1, 0.15) is 11.3 Å². The van der Waals surface area contributed by atoms with Crippen LogP contribution in [0, 0.1) is 0 Å². The second-order valence-corrected chi connectivity index (χ2v) is 6.24. The summed E-state index contributed by atoms with van der Waals surface area (Å²) < 4.78 is 10.6. The lowest BCUT2D eigenvalue weighted by Gasteiger charge is -2.07. The van der Waals surface area contributed by atoms with E-state index in [4.69, 9.17) is 9.15 Å². The molecule has 0 saturated heterocycles. The van der Waals surface area contributed by atoms with Crippen LogP contribution in [0.4, 0.5) is 0 Å². The first kappa shape index (κ1) is 18.5. The van der Waals surface area contributed by atoms with E-state index in [2.05, 4.69) is 17.8 Å². The number of benzene rings is 2. The van der Waals surface area contributed by atoms with Crippen molar-refractivity contribution in [3.63, 3.8) is 0 Å². The highest BCUT2D eigenvalue weighted by Gasteiger charge is 2.12. The number of nitrogens with one attached hydrogen (secondary N) is 2. The van der Waals surface area contributed by atoms with Gasteiger partial charge in [-0.3, -0.25) is 20.4 Å². The molecule has 0 fully saturated rings. The molecule has 0 aliphatic heterocycles. The molecule has 1 aromatic heterocycles. The summed E-state index contributed by atoms with van der Waals surface area (Å²) in [6.07, 6.45) is 2.80. The Bertz CT molecular complexity index is 944. The molecule has 6 nitrogen and oxygen atoms in total. The first-order chi connectivity index (χ1) is 13.1. The predicted octanol–water partition coefficient (Wildman–Crippen LogP) is 2.94. The van der Waals surface area contributed by atoms with Crippen molar-refractivity contribution in [3.8, 4) is 5.75 Å². The Balaban J connectivity index is 1.52. The fourth-order valence-electron chi connectivity index (χ4n) is 2.81. The molecule has 0 aliphatic rings. The van der Waals surface area contributed by atoms with Gasteiger partial charge in [0.2, 0.25) is 11.8 Å². The van der Waals surface area contributed by atoms with Crippen LogP contribution in [-0.2, 0) is 28.9 Å². The highest BCUT2D eigenvalue weighted by Crippen LogP contribution is 2.23. The van der Waals surface area contributed by atoms with Crippen molar-refractivity contribution in [3.05, 3.63) is 65.4 Å². The van der Waals surface area contributed by atoms with Crippen molar-refractivity contribution < 1.29 is 18.7 Å². The van der Waals surface area contributed by atoms with E-state index < -0.39 is 0 Å². The molecular formula is C21H22N2O4. The van der Waals surface area contributed by atoms with E-state index in [0.717, 1.165) is 34.3 Å². The van der Waals surface area contributed by atoms with Crippen molar-refractivity contribution in [2.45, 2.75) is 26.2 Å². The van der Waals surface area contributed by atoms with E-state index >= 15 is 0 Å². The molecule has 0 radical (unpaired) electrons. The Morgan fingerprint density at radius 3 is 2.30 bits per heavy atom. The molecule has 2 N–H and O–H groups in total. The van der Waals surface area contributed by atoms with Gasteiger partial charge in [-0.05, 0) is 35.7 Å². The minimum absolute atomic E-state index is 0.126. The minimum atomic E-state index is -0.305. The SMILES string of the molecule is CCc1ccc2c(CC(=O)NNC(=O)Cc3ccc(OC)cc3)coc2c1. The number of methoxy groups -OCH3 is 1. The monoisotopic (exact) mass is 366 g/mol. The highest BCUT2D eigenvalue weighted by atomic mass is 16.5. The molecule has 3 aromatic rings. The van der Waals surface area contributed by atoms with Gasteiger partial charge in [-0.15, -0.1) is 0 Å². The van der Waals surface area contributed by atoms with E-state index in [1.807, 2.05) is 30.3 Å². The molecule has 2 amide bonds. The number of fused-ring (bicyclic) bond motifs is 1. The maximum absolute atomic E-state index is 12.1. The summed E-state index contributed by atoms with van der Waals surface area (Å²) in [5.74, 6) is 0.129. The van der Waals surface area contributed by atoms with Crippen LogP contribution >= 0.6 is 0 Å². The third-order valence-corrected chi connectivity index (χ3v) is 4.34. The quantitative estimate of drug-likeness (QED) is 0.658. The fourth-order valence-corrected chi connectivity index (χ4v) is 2.81. The molecule has 0 spiro atoms. The van der Waals surface area contributed by atoms with Crippen molar-refractivity contribution in [2.75, 3.05) is 7.11 Å². The Labute approximate surface area is 157 Å². The maximum Gasteiger partial charge on any atom is 0.242 e. The zero-order valence-corrected chi connectivity index (χ0v) is 15.4. The zero-order chi connectivity index (χ0) is 19.2. The number of rotatable bonds is 6. The van der Waals surface area contributed by atoms with Crippen LogP contribution in [0.1, 0.15) is 23.6 Å². The zero-order valence-electron chi connectivity index (χ0n) is 15.4. The number of hydrogen-bond donors (Lipinski definition) is 2. The minimum Gasteiger partial charge on any atom is -0.497 e. The summed E-state index contributed by atoms with van der Waals surface area (Å²) >= 11 is 0. The number of carbonyl (C=O) groups is 2. The average Bonchev–Trinajstić information content (AvgIpc) is 3.09. The molecule has 0 aliphatic carbocycles. The molecule has 27 heavy (non-hydrogen) atoms. The smallest absolute Gasteiger partial charge is 0.242 e. The van der Waals surface area contributed by atoms with Crippen LogP contribution in [-0.4, -0.2) is 18.9 Å². The third kappa shape index (κ3) is 4.67. The Kier molecular flexibility index (Phi) is 5.76.